The van der Waals surface area contributed by atoms with E-state index in [1.807, 2.05) is 0 Å². The molecule has 0 fully saturated rings. The van der Waals surface area contributed by atoms with Crippen LogP contribution in [0.5, 0.6) is 0 Å². The van der Waals surface area contributed by atoms with Crippen LogP contribution in [0.25, 0.3) is 0 Å². The van der Waals surface area contributed by atoms with Crippen LogP contribution in [0.1, 0.15) is 34.0 Å². The maximum Gasteiger partial charge on any atom is 0.416 e. The lowest BCUT2D eigenvalue weighted by Gasteiger charge is -2.17. The number of ketones is 1. The first-order chi connectivity index (χ1) is 13.4. The SMILES string of the molecule is CC(NC(=O)OCc1ccccc1)C(=O)c1cc(C(F)(F)F)cc(C(F)(F)F)c1. The van der Waals surface area contributed by atoms with Crippen LogP contribution < -0.4 is 5.32 Å². The van der Waals surface area contributed by atoms with Gasteiger partial charge in [-0.05, 0) is 30.7 Å². The molecule has 2 rings (SSSR count). The normalized spacial score (nSPS) is 12.9. The predicted octanol–water partition coefficient (Wildman–Crippen LogP) is 5.22. The molecule has 4 nitrogen and oxygen atoms in total. The first kappa shape index (κ1) is 22.3. The fourth-order valence-corrected chi connectivity index (χ4v) is 2.35. The lowest BCUT2D eigenvalue weighted by molar-refractivity contribution is -0.143. The van der Waals surface area contributed by atoms with Gasteiger partial charge in [-0.15, -0.1) is 0 Å². The molecular weight excluding hydrogens is 404 g/mol. The van der Waals surface area contributed by atoms with Crippen LogP contribution >= 0.6 is 0 Å². The van der Waals surface area contributed by atoms with Crippen molar-refractivity contribution in [1.29, 1.82) is 0 Å². The molecule has 0 radical (unpaired) electrons. The quantitative estimate of drug-likeness (QED) is 0.534. The van der Waals surface area contributed by atoms with Crippen molar-refractivity contribution in [3.05, 3.63) is 70.8 Å². The second kappa shape index (κ2) is 8.54. The Kier molecular flexibility index (Phi) is 6.55. The number of benzene rings is 2. The number of carbonyl (C=O) groups is 2. The summed E-state index contributed by atoms with van der Waals surface area (Å²) in [7, 11) is 0. The van der Waals surface area contributed by atoms with Gasteiger partial charge in [0.1, 0.15) is 6.61 Å². The first-order valence-electron chi connectivity index (χ1n) is 8.19. The summed E-state index contributed by atoms with van der Waals surface area (Å²) < 4.78 is 82.3. The molecule has 0 saturated heterocycles. The number of ether oxygens (including phenoxy) is 1. The van der Waals surface area contributed by atoms with Crippen LogP contribution in [0, 0.1) is 0 Å². The monoisotopic (exact) mass is 419 g/mol. The number of carbonyl (C=O) groups excluding carboxylic acids is 2. The number of nitrogens with one attached hydrogen (secondary N) is 1. The summed E-state index contributed by atoms with van der Waals surface area (Å²) in [4.78, 5) is 24.1. The first-order valence-corrected chi connectivity index (χ1v) is 8.19. The number of amides is 1. The average molecular weight is 419 g/mol. The summed E-state index contributed by atoms with van der Waals surface area (Å²) >= 11 is 0. The van der Waals surface area contributed by atoms with Gasteiger partial charge in [-0.2, -0.15) is 26.3 Å². The highest BCUT2D eigenvalue weighted by molar-refractivity contribution is 6.01. The zero-order chi connectivity index (χ0) is 21.8. The highest BCUT2D eigenvalue weighted by Gasteiger charge is 2.38. The summed E-state index contributed by atoms with van der Waals surface area (Å²) in [6.45, 7) is 0.995. The van der Waals surface area contributed by atoms with Crippen molar-refractivity contribution in [3.63, 3.8) is 0 Å². The minimum atomic E-state index is -5.08. The van der Waals surface area contributed by atoms with Gasteiger partial charge in [0, 0.05) is 5.56 Å². The lowest BCUT2D eigenvalue weighted by atomic mass is 9.99. The molecule has 1 N–H and O–H groups in total. The summed E-state index contributed by atoms with van der Waals surface area (Å²) in [5.74, 6) is -1.13. The zero-order valence-electron chi connectivity index (χ0n) is 14.9. The Morgan fingerprint density at radius 1 is 0.931 bits per heavy atom. The van der Waals surface area contributed by atoms with Gasteiger partial charge in [-0.1, -0.05) is 30.3 Å². The fraction of sp³-hybridized carbons (Fsp3) is 0.263. The third-order valence-electron chi connectivity index (χ3n) is 3.81. The molecule has 0 saturated carbocycles. The Labute approximate surface area is 161 Å². The van der Waals surface area contributed by atoms with E-state index in [4.69, 9.17) is 4.74 Å². The molecule has 29 heavy (non-hydrogen) atoms. The molecule has 0 heterocycles. The van der Waals surface area contributed by atoms with E-state index >= 15 is 0 Å². The second-order valence-corrected chi connectivity index (χ2v) is 6.09. The van der Waals surface area contributed by atoms with Gasteiger partial charge in [0.15, 0.2) is 5.78 Å². The van der Waals surface area contributed by atoms with E-state index in [1.54, 1.807) is 30.3 Å². The summed E-state index contributed by atoms with van der Waals surface area (Å²) in [6.07, 6.45) is -11.2. The van der Waals surface area contributed by atoms with Gasteiger partial charge >= 0.3 is 18.4 Å². The van der Waals surface area contributed by atoms with Crippen LogP contribution in [0.4, 0.5) is 31.1 Å². The Morgan fingerprint density at radius 2 is 1.45 bits per heavy atom. The maximum absolute atomic E-state index is 12.9. The molecule has 2 aromatic rings. The third kappa shape index (κ3) is 6.23. The molecule has 0 aliphatic carbocycles. The Morgan fingerprint density at radius 3 is 1.93 bits per heavy atom. The van der Waals surface area contributed by atoms with Gasteiger partial charge in [-0.3, -0.25) is 4.79 Å². The van der Waals surface area contributed by atoms with E-state index in [0.29, 0.717) is 17.7 Å². The Bertz CT molecular complexity index is 845. The van der Waals surface area contributed by atoms with Crippen LogP contribution in [0.15, 0.2) is 48.5 Å². The number of rotatable bonds is 5. The van der Waals surface area contributed by atoms with Gasteiger partial charge < -0.3 is 10.1 Å². The van der Waals surface area contributed by atoms with E-state index in [9.17, 15) is 35.9 Å². The van der Waals surface area contributed by atoms with Crippen molar-refractivity contribution in [1.82, 2.24) is 5.32 Å². The highest BCUT2D eigenvalue weighted by Crippen LogP contribution is 2.36. The Hall–Kier alpha value is -3.04. The van der Waals surface area contributed by atoms with Crippen LogP contribution in [-0.2, 0) is 23.7 Å². The Balaban J connectivity index is 2.14. The van der Waals surface area contributed by atoms with Crippen molar-refractivity contribution in [2.24, 2.45) is 0 Å². The smallest absolute Gasteiger partial charge is 0.416 e. The largest absolute Gasteiger partial charge is 0.445 e. The van der Waals surface area contributed by atoms with E-state index in [2.05, 4.69) is 5.32 Å². The molecule has 1 atom stereocenters. The fourth-order valence-electron chi connectivity index (χ4n) is 2.35. The molecule has 0 bridgehead atoms. The molecule has 0 spiro atoms. The topological polar surface area (TPSA) is 55.4 Å². The molecule has 1 unspecified atom stereocenters. The van der Waals surface area contributed by atoms with E-state index in [1.165, 1.54) is 0 Å². The molecule has 2 aromatic carbocycles. The van der Waals surface area contributed by atoms with Crippen molar-refractivity contribution < 1.29 is 40.7 Å². The molecule has 0 aliphatic heterocycles. The summed E-state index contributed by atoms with van der Waals surface area (Å²) in [6, 6.07) is 7.62. The standard InChI is InChI=1S/C19H15F6NO3/c1-11(26-17(28)29-10-12-5-3-2-4-6-12)16(27)13-7-14(18(20,21)22)9-15(8-13)19(23,24)25/h2-9,11H,10H2,1H3,(H,26,28). The third-order valence-corrected chi connectivity index (χ3v) is 3.81. The number of hydrogen-bond donors (Lipinski definition) is 1. The zero-order valence-corrected chi connectivity index (χ0v) is 14.9. The maximum atomic E-state index is 12.9. The van der Waals surface area contributed by atoms with Gasteiger partial charge in [0.25, 0.3) is 0 Å². The van der Waals surface area contributed by atoms with Crippen molar-refractivity contribution >= 4 is 11.9 Å². The molecule has 10 heteroatoms. The van der Waals surface area contributed by atoms with E-state index in [0.717, 1.165) is 6.92 Å². The van der Waals surface area contributed by atoms with E-state index in [-0.39, 0.29) is 12.7 Å². The highest BCUT2D eigenvalue weighted by atomic mass is 19.4. The number of alkyl carbamates (subject to hydrolysis) is 1. The van der Waals surface area contributed by atoms with Gasteiger partial charge in [0.05, 0.1) is 17.2 Å². The van der Waals surface area contributed by atoms with Crippen LogP contribution in [0.2, 0.25) is 0 Å². The second-order valence-electron chi connectivity index (χ2n) is 6.09. The number of Topliss-reactive ketones (excluding diaryl/α,β-unsaturated/α-hetero) is 1. The minimum absolute atomic E-state index is 0.0804. The minimum Gasteiger partial charge on any atom is -0.445 e. The van der Waals surface area contributed by atoms with Gasteiger partial charge in [0.2, 0.25) is 0 Å². The summed E-state index contributed by atoms with van der Waals surface area (Å²) in [5.41, 5.74) is -3.42. The lowest BCUT2D eigenvalue weighted by Crippen LogP contribution is -2.39. The number of halogens is 6. The van der Waals surface area contributed by atoms with Crippen LogP contribution in [0.3, 0.4) is 0 Å². The molecule has 1 amide bonds. The molecular formula is C19H15F6NO3. The van der Waals surface area contributed by atoms with Crippen molar-refractivity contribution in [2.75, 3.05) is 0 Å². The molecule has 156 valence electrons. The molecule has 0 aliphatic rings. The van der Waals surface area contributed by atoms with Crippen molar-refractivity contribution in [3.8, 4) is 0 Å². The van der Waals surface area contributed by atoms with Crippen molar-refractivity contribution in [2.45, 2.75) is 31.9 Å². The predicted molar refractivity (Wildman–Crippen MR) is 90.0 cm³/mol. The summed E-state index contributed by atoms with van der Waals surface area (Å²) in [5, 5.41) is 2.09. The number of hydrogen-bond acceptors (Lipinski definition) is 3. The number of alkyl halides is 6. The van der Waals surface area contributed by atoms with Crippen LogP contribution in [-0.4, -0.2) is 17.9 Å². The molecule has 0 aromatic heterocycles. The average Bonchev–Trinajstić information content (AvgIpc) is 2.64. The van der Waals surface area contributed by atoms with Gasteiger partial charge in [-0.25, -0.2) is 4.79 Å². The van der Waals surface area contributed by atoms with E-state index < -0.39 is 47.0 Å².